The second kappa shape index (κ2) is 7.33. The van der Waals surface area contributed by atoms with Crippen LogP contribution in [0.25, 0.3) is 22.7 Å². The van der Waals surface area contributed by atoms with Crippen molar-refractivity contribution >= 4 is 11.3 Å². The van der Waals surface area contributed by atoms with Crippen LogP contribution in [0.2, 0.25) is 0 Å². The van der Waals surface area contributed by atoms with Crippen LogP contribution < -0.4 is 5.32 Å². The molecule has 0 aromatic carbocycles. The van der Waals surface area contributed by atoms with Crippen LogP contribution in [0, 0.1) is 6.92 Å². The van der Waals surface area contributed by atoms with Gasteiger partial charge in [0.05, 0.1) is 29.4 Å². The highest BCUT2D eigenvalue weighted by atomic mass is 16.3. The summed E-state index contributed by atoms with van der Waals surface area (Å²) < 4.78 is 3.89. The number of hydrogen-bond donors (Lipinski definition) is 2. The molecule has 4 aromatic rings. The lowest BCUT2D eigenvalue weighted by Crippen LogP contribution is -2.28. The molecule has 0 bridgehead atoms. The molecule has 0 spiro atoms. The fraction of sp³-hybridized carbons (Fsp3) is 0.318. The van der Waals surface area contributed by atoms with Crippen molar-refractivity contribution in [3.63, 3.8) is 0 Å². The SMILES string of the molecule is Cc1ccn(-c2cc(-c3cnc4ccc(NC5CCC(O)CC5)cn34)ccn2)n1. The van der Waals surface area contributed by atoms with Gasteiger partial charge >= 0.3 is 0 Å². The van der Waals surface area contributed by atoms with Gasteiger partial charge in [0.1, 0.15) is 5.65 Å². The van der Waals surface area contributed by atoms with Crippen molar-refractivity contribution in [2.45, 2.75) is 44.8 Å². The van der Waals surface area contributed by atoms with Gasteiger partial charge in [0, 0.05) is 30.2 Å². The molecule has 7 nitrogen and oxygen atoms in total. The lowest BCUT2D eigenvalue weighted by molar-refractivity contribution is 0.126. The van der Waals surface area contributed by atoms with E-state index in [4.69, 9.17) is 0 Å². The first-order chi connectivity index (χ1) is 14.2. The van der Waals surface area contributed by atoms with Crippen LogP contribution in [-0.4, -0.2) is 41.4 Å². The van der Waals surface area contributed by atoms with Gasteiger partial charge in [-0.3, -0.25) is 4.40 Å². The molecule has 4 aromatic heterocycles. The Bertz CT molecular complexity index is 1140. The van der Waals surface area contributed by atoms with Gasteiger partial charge < -0.3 is 10.4 Å². The molecule has 0 saturated heterocycles. The van der Waals surface area contributed by atoms with E-state index in [1.165, 1.54) is 0 Å². The lowest BCUT2D eigenvalue weighted by Gasteiger charge is -2.27. The predicted molar refractivity (Wildman–Crippen MR) is 112 cm³/mol. The Morgan fingerprint density at radius 1 is 1.07 bits per heavy atom. The molecule has 0 unspecified atom stereocenters. The summed E-state index contributed by atoms with van der Waals surface area (Å²) in [6, 6.07) is 10.5. The molecule has 1 aliphatic rings. The maximum atomic E-state index is 9.72. The number of aliphatic hydroxyl groups is 1. The van der Waals surface area contributed by atoms with Crippen LogP contribution in [0.3, 0.4) is 0 Å². The number of aliphatic hydroxyl groups excluding tert-OH is 1. The molecule has 7 heteroatoms. The maximum Gasteiger partial charge on any atom is 0.153 e. The fourth-order valence-electron chi connectivity index (χ4n) is 3.98. The van der Waals surface area contributed by atoms with E-state index in [0.29, 0.717) is 6.04 Å². The summed E-state index contributed by atoms with van der Waals surface area (Å²) in [5, 5.41) is 17.8. The van der Waals surface area contributed by atoms with Crippen LogP contribution in [0.15, 0.2) is 55.1 Å². The van der Waals surface area contributed by atoms with E-state index < -0.39 is 0 Å². The molecule has 0 amide bonds. The molecule has 0 radical (unpaired) electrons. The van der Waals surface area contributed by atoms with Crippen molar-refractivity contribution in [1.29, 1.82) is 0 Å². The Kier molecular flexibility index (Phi) is 4.52. The van der Waals surface area contributed by atoms with Gasteiger partial charge in [0.15, 0.2) is 5.82 Å². The zero-order chi connectivity index (χ0) is 19.8. The zero-order valence-electron chi connectivity index (χ0n) is 16.4. The third-order valence-corrected chi connectivity index (χ3v) is 5.57. The maximum absolute atomic E-state index is 9.72. The largest absolute Gasteiger partial charge is 0.393 e. The summed E-state index contributed by atoms with van der Waals surface area (Å²) >= 11 is 0. The van der Waals surface area contributed by atoms with Crippen LogP contribution in [-0.2, 0) is 0 Å². The molecule has 0 aliphatic heterocycles. The van der Waals surface area contributed by atoms with Gasteiger partial charge in [-0.2, -0.15) is 5.10 Å². The minimum atomic E-state index is -0.143. The molecule has 1 aliphatic carbocycles. The molecule has 29 heavy (non-hydrogen) atoms. The summed E-state index contributed by atoms with van der Waals surface area (Å²) in [5.41, 5.74) is 4.97. The number of fused-ring (bicyclic) bond motifs is 1. The van der Waals surface area contributed by atoms with E-state index in [2.05, 4.69) is 37.0 Å². The van der Waals surface area contributed by atoms with Crippen molar-refractivity contribution in [2.24, 2.45) is 0 Å². The molecular weight excluding hydrogens is 364 g/mol. The molecule has 0 atom stereocenters. The summed E-state index contributed by atoms with van der Waals surface area (Å²) in [7, 11) is 0. The van der Waals surface area contributed by atoms with Crippen molar-refractivity contribution < 1.29 is 5.11 Å². The number of hydrogen-bond acceptors (Lipinski definition) is 5. The first-order valence-corrected chi connectivity index (χ1v) is 10.1. The average Bonchev–Trinajstić information content (AvgIpc) is 3.36. The molecule has 1 fully saturated rings. The average molecular weight is 388 g/mol. The number of nitrogens with one attached hydrogen (secondary N) is 1. The number of anilines is 1. The second-order valence-electron chi connectivity index (χ2n) is 7.74. The van der Waals surface area contributed by atoms with Crippen LogP contribution in [0.1, 0.15) is 31.4 Å². The molecule has 148 valence electrons. The Morgan fingerprint density at radius 2 is 1.93 bits per heavy atom. The quantitative estimate of drug-likeness (QED) is 0.558. The van der Waals surface area contributed by atoms with E-state index in [-0.39, 0.29) is 6.10 Å². The van der Waals surface area contributed by atoms with Crippen LogP contribution in [0.4, 0.5) is 5.69 Å². The van der Waals surface area contributed by atoms with Gasteiger partial charge in [-0.25, -0.2) is 14.6 Å². The third-order valence-electron chi connectivity index (χ3n) is 5.57. The Balaban J connectivity index is 1.46. The van der Waals surface area contributed by atoms with Gasteiger partial charge in [-0.15, -0.1) is 0 Å². The number of aromatic nitrogens is 5. The monoisotopic (exact) mass is 388 g/mol. The van der Waals surface area contributed by atoms with E-state index in [9.17, 15) is 5.11 Å². The van der Waals surface area contributed by atoms with Gasteiger partial charge in [0.25, 0.3) is 0 Å². The van der Waals surface area contributed by atoms with Gasteiger partial charge in [-0.1, -0.05) is 0 Å². The normalized spacial score (nSPS) is 19.5. The fourth-order valence-corrected chi connectivity index (χ4v) is 3.98. The minimum Gasteiger partial charge on any atom is -0.393 e. The lowest BCUT2D eigenvalue weighted by atomic mass is 9.93. The predicted octanol–water partition coefficient (Wildman–Crippen LogP) is 3.61. The van der Waals surface area contributed by atoms with E-state index in [1.807, 2.05) is 43.6 Å². The van der Waals surface area contributed by atoms with E-state index >= 15 is 0 Å². The summed E-state index contributed by atoms with van der Waals surface area (Å²) in [5.74, 6) is 0.778. The number of nitrogens with zero attached hydrogens (tertiary/aromatic N) is 5. The zero-order valence-corrected chi connectivity index (χ0v) is 16.4. The third kappa shape index (κ3) is 3.61. The Labute approximate surface area is 169 Å². The topological polar surface area (TPSA) is 80.3 Å². The van der Waals surface area contributed by atoms with Crippen molar-refractivity contribution in [2.75, 3.05) is 5.32 Å². The molecule has 5 rings (SSSR count). The first-order valence-electron chi connectivity index (χ1n) is 10.1. The standard InChI is InChI=1S/C22H24N6O/c1-15-9-11-28(26-15)22-12-16(8-10-23-22)20-13-24-21-7-4-18(14-27(20)21)25-17-2-5-19(29)6-3-17/h4,7-14,17,19,25,29H,2-3,5-6H2,1H3. The summed E-state index contributed by atoms with van der Waals surface area (Å²) in [6.45, 7) is 1.96. The molecular formula is C22H24N6O. The summed E-state index contributed by atoms with van der Waals surface area (Å²) in [4.78, 5) is 9.01. The first kappa shape index (κ1) is 17.9. The highest BCUT2D eigenvalue weighted by Gasteiger charge is 2.19. The Morgan fingerprint density at radius 3 is 2.72 bits per heavy atom. The van der Waals surface area contributed by atoms with Crippen LogP contribution >= 0.6 is 0 Å². The Hall–Kier alpha value is -3.19. The number of imidazole rings is 1. The minimum absolute atomic E-state index is 0.143. The van der Waals surface area contributed by atoms with Crippen molar-refractivity contribution in [1.82, 2.24) is 24.1 Å². The van der Waals surface area contributed by atoms with E-state index in [1.54, 1.807) is 10.9 Å². The molecule has 4 heterocycles. The van der Waals surface area contributed by atoms with Gasteiger partial charge in [-0.05, 0) is 62.9 Å². The summed E-state index contributed by atoms with van der Waals surface area (Å²) in [6.07, 6.45) is 11.3. The molecule has 2 N–H and O–H groups in total. The highest BCUT2D eigenvalue weighted by molar-refractivity contribution is 5.66. The highest BCUT2D eigenvalue weighted by Crippen LogP contribution is 2.26. The van der Waals surface area contributed by atoms with Crippen molar-refractivity contribution in [3.8, 4) is 17.1 Å². The second-order valence-corrected chi connectivity index (χ2v) is 7.74. The number of rotatable bonds is 4. The number of aryl methyl sites for hydroxylation is 1. The number of pyridine rings is 2. The van der Waals surface area contributed by atoms with Crippen molar-refractivity contribution in [3.05, 3.63) is 60.8 Å². The van der Waals surface area contributed by atoms with Crippen LogP contribution in [0.5, 0.6) is 0 Å². The van der Waals surface area contributed by atoms with Gasteiger partial charge in [0.2, 0.25) is 0 Å². The smallest absolute Gasteiger partial charge is 0.153 e. The van der Waals surface area contributed by atoms with E-state index in [0.717, 1.165) is 59.8 Å². The molecule has 1 saturated carbocycles.